The Morgan fingerprint density at radius 1 is 1.35 bits per heavy atom. The number of nitrogens with one attached hydrogen (secondary N) is 1. The lowest BCUT2D eigenvalue weighted by Crippen LogP contribution is -2.25. The monoisotopic (exact) mass is 371 g/mol. The first-order valence-electron chi connectivity index (χ1n) is 5.46. The quantitative estimate of drug-likeness (QED) is 0.469. The molecule has 0 saturated heterocycles. The number of hydrogen-bond donors (Lipinski definition) is 1. The van der Waals surface area contributed by atoms with Crippen molar-refractivity contribution in [3.05, 3.63) is 11.4 Å². The maximum Gasteiger partial charge on any atom is 0.244 e. The van der Waals surface area contributed by atoms with E-state index >= 15 is 0 Å². The van der Waals surface area contributed by atoms with Gasteiger partial charge in [0.2, 0.25) is 10.0 Å². The summed E-state index contributed by atoms with van der Waals surface area (Å²) in [6.45, 7) is 3.96. The van der Waals surface area contributed by atoms with E-state index in [1.54, 1.807) is 25.6 Å². The number of nitrogens with zero attached hydrogens (tertiary/aromatic N) is 2. The molecule has 0 atom stereocenters. The van der Waals surface area contributed by atoms with Gasteiger partial charge in [-0.3, -0.25) is 4.68 Å². The molecular weight excluding hydrogens is 353 g/mol. The van der Waals surface area contributed by atoms with E-state index in [2.05, 4.69) is 32.4 Å². The first-order valence-corrected chi connectivity index (χ1v) is 8.47. The molecule has 1 heterocycles. The highest BCUT2D eigenvalue weighted by atomic mass is 127. The van der Waals surface area contributed by atoms with Gasteiger partial charge in [-0.25, -0.2) is 13.1 Å². The topological polar surface area (TPSA) is 64.0 Å². The molecule has 0 unspecified atom stereocenters. The first kappa shape index (κ1) is 14.9. The van der Waals surface area contributed by atoms with Gasteiger partial charge in [0.15, 0.2) is 0 Å². The van der Waals surface area contributed by atoms with Crippen molar-refractivity contribution in [3.63, 3.8) is 0 Å². The molecule has 1 N–H and O–H groups in total. The molecular formula is C10H18IN3O2S. The van der Waals surface area contributed by atoms with Gasteiger partial charge >= 0.3 is 0 Å². The Morgan fingerprint density at radius 3 is 2.47 bits per heavy atom. The van der Waals surface area contributed by atoms with Crippen LogP contribution in [0.25, 0.3) is 0 Å². The second-order valence-corrected chi connectivity index (χ2v) is 6.70. The van der Waals surface area contributed by atoms with Crippen LogP contribution in [0, 0.1) is 13.8 Å². The van der Waals surface area contributed by atoms with Gasteiger partial charge in [-0.15, -0.1) is 0 Å². The molecule has 0 spiro atoms. The smallest absolute Gasteiger partial charge is 0.244 e. The molecule has 1 rings (SSSR count). The summed E-state index contributed by atoms with van der Waals surface area (Å²) in [4.78, 5) is 0.314. The van der Waals surface area contributed by atoms with Gasteiger partial charge in [0, 0.05) is 13.6 Å². The standard InChI is InChI=1S/C10H18IN3O2S/c1-8-10(9(2)14(3)13-8)17(15,16)12-7-5-4-6-11/h12H,4-7H2,1-3H3. The molecule has 17 heavy (non-hydrogen) atoms. The summed E-state index contributed by atoms with van der Waals surface area (Å²) < 4.78 is 29.4. The van der Waals surface area contributed by atoms with Crippen LogP contribution in [-0.4, -0.2) is 29.2 Å². The molecule has 1 aromatic heterocycles. The molecule has 0 radical (unpaired) electrons. The fourth-order valence-corrected chi connectivity index (χ4v) is 3.69. The number of halogens is 1. The molecule has 7 heteroatoms. The Morgan fingerprint density at radius 2 is 2.00 bits per heavy atom. The summed E-state index contributed by atoms with van der Waals surface area (Å²) in [5.74, 6) is 0. The molecule has 5 nitrogen and oxygen atoms in total. The van der Waals surface area contributed by atoms with Gasteiger partial charge in [0.05, 0.1) is 11.4 Å². The molecule has 0 aliphatic heterocycles. The van der Waals surface area contributed by atoms with E-state index in [4.69, 9.17) is 0 Å². The maximum absolute atomic E-state index is 12.1. The normalized spacial score (nSPS) is 12.0. The van der Waals surface area contributed by atoms with E-state index in [1.807, 2.05) is 0 Å². The highest BCUT2D eigenvalue weighted by Gasteiger charge is 2.22. The maximum atomic E-state index is 12.1. The zero-order valence-electron chi connectivity index (χ0n) is 10.3. The van der Waals surface area contributed by atoms with Crippen molar-refractivity contribution >= 4 is 32.6 Å². The SMILES string of the molecule is Cc1nn(C)c(C)c1S(=O)(=O)NCCCCI. The van der Waals surface area contributed by atoms with Crippen LogP contribution in [0.5, 0.6) is 0 Å². The van der Waals surface area contributed by atoms with E-state index in [9.17, 15) is 8.42 Å². The minimum Gasteiger partial charge on any atom is -0.271 e. The van der Waals surface area contributed by atoms with Crippen molar-refractivity contribution in [2.45, 2.75) is 31.6 Å². The predicted molar refractivity (Wildman–Crippen MR) is 76.0 cm³/mol. The van der Waals surface area contributed by atoms with Gasteiger partial charge in [-0.05, 0) is 31.1 Å². The number of hydrogen-bond acceptors (Lipinski definition) is 3. The molecule has 98 valence electrons. The zero-order chi connectivity index (χ0) is 13.1. The zero-order valence-corrected chi connectivity index (χ0v) is 13.3. The van der Waals surface area contributed by atoms with Gasteiger partial charge in [0.25, 0.3) is 0 Å². The summed E-state index contributed by atoms with van der Waals surface area (Å²) in [6, 6.07) is 0. The molecule has 0 bridgehead atoms. The molecule has 0 saturated carbocycles. The van der Waals surface area contributed by atoms with Crippen LogP contribution in [-0.2, 0) is 17.1 Å². The van der Waals surface area contributed by atoms with Crippen LogP contribution in [0.3, 0.4) is 0 Å². The lowest BCUT2D eigenvalue weighted by atomic mass is 10.3. The Labute approximate surface area is 116 Å². The Hall–Kier alpha value is -0.150. The van der Waals surface area contributed by atoms with Crippen molar-refractivity contribution in [2.75, 3.05) is 11.0 Å². The van der Waals surface area contributed by atoms with Gasteiger partial charge < -0.3 is 0 Å². The highest BCUT2D eigenvalue weighted by molar-refractivity contribution is 14.1. The third-order valence-electron chi connectivity index (χ3n) is 2.56. The van der Waals surface area contributed by atoms with Crippen LogP contribution >= 0.6 is 22.6 Å². The van der Waals surface area contributed by atoms with Crippen molar-refractivity contribution in [3.8, 4) is 0 Å². The second-order valence-electron chi connectivity index (χ2n) is 3.92. The van der Waals surface area contributed by atoms with Crippen molar-refractivity contribution < 1.29 is 8.42 Å². The van der Waals surface area contributed by atoms with Crippen LogP contribution in [0.2, 0.25) is 0 Å². The summed E-state index contributed by atoms with van der Waals surface area (Å²) in [5, 5.41) is 4.12. The lowest BCUT2D eigenvalue weighted by Gasteiger charge is -2.06. The van der Waals surface area contributed by atoms with Crippen molar-refractivity contribution in [1.82, 2.24) is 14.5 Å². The van der Waals surface area contributed by atoms with Crippen LogP contribution in [0.4, 0.5) is 0 Å². The highest BCUT2D eigenvalue weighted by Crippen LogP contribution is 2.18. The van der Waals surface area contributed by atoms with Crippen LogP contribution < -0.4 is 4.72 Å². The summed E-state index contributed by atoms with van der Waals surface area (Å²) in [6.07, 6.45) is 1.88. The average molecular weight is 371 g/mol. The fraction of sp³-hybridized carbons (Fsp3) is 0.700. The van der Waals surface area contributed by atoms with Crippen LogP contribution in [0.1, 0.15) is 24.2 Å². The summed E-state index contributed by atoms with van der Waals surface area (Å²) >= 11 is 2.28. The Kier molecular flexibility index (Phi) is 5.39. The fourth-order valence-electron chi connectivity index (χ4n) is 1.64. The first-order chi connectivity index (χ1) is 7.90. The second kappa shape index (κ2) is 6.14. The summed E-state index contributed by atoms with van der Waals surface area (Å²) in [5.41, 5.74) is 1.22. The molecule has 0 aliphatic rings. The van der Waals surface area contributed by atoms with Gasteiger partial charge in [0.1, 0.15) is 4.90 Å². The summed E-state index contributed by atoms with van der Waals surface area (Å²) in [7, 11) is -1.67. The van der Waals surface area contributed by atoms with E-state index in [0.29, 0.717) is 22.8 Å². The third kappa shape index (κ3) is 3.65. The number of aromatic nitrogens is 2. The van der Waals surface area contributed by atoms with E-state index in [0.717, 1.165) is 17.3 Å². The van der Waals surface area contributed by atoms with Crippen molar-refractivity contribution in [2.24, 2.45) is 7.05 Å². The number of aryl methyl sites for hydroxylation is 2. The Balaban J connectivity index is 2.83. The molecule has 0 fully saturated rings. The van der Waals surface area contributed by atoms with E-state index in [-0.39, 0.29) is 0 Å². The minimum atomic E-state index is -3.42. The number of sulfonamides is 1. The number of unbranched alkanes of at least 4 members (excludes halogenated alkanes) is 1. The van der Waals surface area contributed by atoms with Crippen LogP contribution in [0.15, 0.2) is 4.90 Å². The largest absolute Gasteiger partial charge is 0.271 e. The van der Waals surface area contributed by atoms with E-state index in [1.165, 1.54) is 0 Å². The molecule has 0 amide bonds. The van der Waals surface area contributed by atoms with E-state index < -0.39 is 10.0 Å². The lowest BCUT2D eigenvalue weighted by molar-refractivity contribution is 0.577. The number of alkyl halides is 1. The van der Waals surface area contributed by atoms with Gasteiger partial charge in [-0.1, -0.05) is 22.6 Å². The average Bonchev–Trinajstić information content (AvgIpc) is 2.48. The third-order valence-corrected chi connectivity index (χ3v) is 5.04. The minimum absolute atomic E-state index is 0.314. The van der Waals surface area contributed by atoms with Gasteiger partial charge in [-0.2, -0.15) is 5.10 Å². The number of rotatable bonds is 6. The molecule has 0 aliphatic carbocycles. The van der Waals surface area contributed by atoms with Crippen molar-refractivity contribution in [1.29, 1.82) is 0 Å². The Bertz CT molecular complexity index is 482. The molecule has 1 aromatic rings. The predicted octanol–water partition coefficient (Wildman–Crippen LogP) is 1.53. The molecule has 0 aromatic carbocycles.